The molecule has 0 amide bonds. The van der Waals surface area contributed by atoms with E-state index in [0.29, 0.717) is 6.04 Å². The number of nitrogens with zero attached hydrogens (tertiary/aromatic N) is 1. The van der Waals surface area contributed by atoms with Crippen LogP contribution in [0.5, 0.6) is 0 Å². The number of anilines is 1. The molecule has 0 aliphatic heterocycles. The van der Waals surface area contributed by atoms with Crippen LogP contribution < -0.4 is 10.2 Å². The molecule has 1 atom stereocenters. The quantitative estimate of drug-likeness (QED) is 0.866. The molecule has 21 heavy (non-hydrogen) atoms. The highest BCUT2D eigenvalue weighted by molar-refractivity contribution is 5.45. The van der Waals surface area contributed by atoms with E-state index in [-0.39, 0.29) is 5.82 Å². The molecule has 0 saturated heterocycles. The average molecular weight is 286 g/mol. The van der Waals surface area contributed by atoms with Crippen molar-refractivity contribution >= 4 is 5.69 Å². The molecule has 0 saturated carbocycles. The summed E-state index contributed by atoms with van der Waals surface area (Å²) in [6, 6.07) is 15.5. The molecule has 2 aromatic rings. The maximum atomic E-state index is 13.3. The van der Waals surface area contributed by atoms with Gasteiger partial charge >= 0.3 is 0 Å². The second-order valence-electron chi connectivity index (χ2n) is 5.39. The molecule has 0 heterocycles. The largest absolute Gasteiger partial charge is 0.374 e. The molecule has 1 N–H and O–H groups in total. The SMILES string of the molecule is CNC(CCN(C)c1cccc(F)c1)c1ccccc1C. The Balaban J connectivity index is 2.02. The summed E-state index contributed by atoms with van der Waals surface area (Å²) in [5, 5.41) is 3.38. The van der Waals surface area contributed by atoms with E-state index in [4.69, 9.17) is 0 Å². The Labute approximate surface area is 126 Å². The number of benzene rings is 2. The Hall–Kier alpha value is -1.87. The predicted octanol–water partition coefficient (Wildman–Crippen LogP) is 3.92. The van der Waals surface area contributed by atoms with Crippen LogP contribution in [0.4, 0.5) is 10.1 Å². The maximum absolute atomic E-state index is 13.3. The topological polar surface area (TPSA) is 15.3 Å². The highest BCUT2D eigenvalue weighted by Gasteiger charge is 2.12. The first-order valence-electron chi connectivity index (χ1n) is 7.31. The zero-order chi connectivity index (χ0) is 15.2. The summed E-state index contributed by atoms with van der Waals surface area (Å²) in [6.45, 7) is 3.00. The molecular weight excluding hydrogens is 263 g/mol. The molecule has 2 nitrogen and oxygen atoms in total. The molecule has 3 heteroatoms. The minimum Gasteiger partial charge on any atom is -0.374 e. The highest BCUT2D eigenvalue weighted by atomic mass is 19.1. The highest BCUT2D eigenvalue weighted by Crippen LogP contribution is 2.22. The molecule has 0 aromatic heterocycles. The Morgan fingerprint density at radius 3 is 2.57 bits per heavy atom. The maximum Gasteiger partial charge on any atom is 0.125 e. The van der Waals surface area contributed by atoms with Crippen molar-refractivity contribution in [2.45, 2.75) is 19.4 Å². The van der Waals surface area contributed by atoms with Gasteiger partial charge < -0.3 is 10.2 Å². The van der Waals surface area contributed by atoms with Crippen LogP contribution in [0.1, 0.15) is 23.6 Å². The van der Waals surface area contributed by atoms with Crippen LogP contribution >= 0.6 is 0 Å². The fourth-order valence-corrected chi connectivity index (χ4v) is 2.60. The van der Waals surface area contributed by atoms with Crippen molar-refractivity contribution in [3.05, 3.63) is 65.5 Å². The first kappa shape index (κ1) is 15.5. The lowest BCUT2D eigenvalue weighted by molar-refractivity contribution is 0.546. The van der Waals surface area contributed by atoms with Crippen molar-refractivity contribution in [1.29, 1.82) is 0 Å². The van der Waals surface area contributed by atoms with Crippen LogP contribution in [-0.2, 0) is 0 Å². The van der Waals surface area contributed by atoms with Gasteiger partial charge in [-0.3, -0.25) is 0 Å². The summed E-state index contributed by atoms with van der Waals surface area (Å²) in [6.07, 6.45) is 0.967. The van der Waals surface area contributed by atoms with Crippen molar-refractivity contribution in [2.24, 2.45) is 0 Å². The van der Waals surface area contributed by atoms with Crippen molar-refractivity contribution in [1.82, 2.24) is 5.32 Å². The summed E-state index contributed by atoms with van der Waals surface area (Å²) in [5.74, 6) is -0.191. The zero-order valence-electron chi connectivity index (χ0n) is 12.9. The number of aryl methyl sites for hydroxylation is 1. The molecule has 0 aliphatic carbocycles. The van der Waals surface area contributed by atoms with Crippen molar-refractivity contribution in [3.63, 3.8) is 0 Å². The van der Waals surface area contributed by atoms with E-state index < -0.39 is 0 Å². The van der Waals surface area contributed by atoms with Crippen LogP contribution in [-0.4, -0.2) is 20.6 Å². The Bertz CT molecular complexity index is 583. The molecule has 0 bridgehead atoms. The summed E-state index contributed by atoms with van der Waals surface area (Å²) < 4.78 is 13.3. The molecule has 1 unspecified atom stereocenters. The number of rotatable bonds is 6. The van der Waals surface area contributed by atoms with E-state index in [2.05, 4.69) is 41.4 Å². The molecular formula is C18H23FN2. The third-order valence-corrected chi connectivity index (χ3v) is 3.91. The zero-order valence-corrected chi connectivity index (χ0v) is 12.9. The third-order valence-electron chi connectivity index (χ3n) is 3.91. The third kappa shape index (κ3) is 4.05. The van der Waals surface area contributed by atoms with Crippen molar-refractivity contribution in [3.8, 4) is 0 Å². The van der Waals surface area contributed by atoms with Gasteiger partial charge in [0.2, 0.25) is 0 Å². The van der Waals surface area contributed by atoms with Crippen molar-refractivity contribution in [2.75, 3.05) is 25.5 Å². The van der Waals surface area contributed by atoms with Gasteiger partial charge in [0, 0.05) is 25.3 Å². The number of halogens is 1. The van der Waals surface area contributed by atoms with E-state index in [1.54, 1.807) is 12.1 Å². The monoisotopic (exact) mass is 286 g/mol. The van der Waals surface area contributed by atoms with Gasteiger partial charge in [-0.15, -0.1) is 0 Å². The van der Waals surface area contributed by atoms with Gasteiger partial charge in [-0.2, -0.15) is 0 Å². The number of nitrogens with one attached hydrogen (secondary N) is 1. The van der Waals surface area contributed by atoms with E-state index in [0.717, 1.165) is 18.7 Å². The molecule has 0 spiro atoms. The smallest absolute Gasteiger partial charge is 0.125 e. The molecule has 2 rings (SSSR count). The first-order valence-corrected chi connectivity index (χ1v) is 7.31. The van der Waals surface area contributed by atoms with Gasteiger partial charge in [-0.25, -0.2) is 4.39 Å². The van der Waals surface area contributed by atoms with E-state index in [9.17, 15) is 4.39 Å². The lowest BCUT2D eigenvalue weighted by atomic mass is 9.99. The molecule has 0 fully saturated rings. The second-order valence-corrected chi connectivity index (χ2v) is 5.39. The first-order chi connectivity index (χ1) is 10.1. The minimum absolute atomic E-state index is 0.191. The van der Waals surface area contributed by atoms with Crippen LogP contribution in [0, 0.1) is 12.7 Å². The fraction of sp³-hybridized carbons (Fsp3) is 0.333. The van der Waals surface area contributed by atoms with Crippen molar-refractivity contribution < 1.29 is 4.39 Å². The standard InChI is InChI=1S/C18H23FN2/c1-14-7-4-5-10-17(14)18(20-2)11-12-21(3)16-9-6-8-15(19)13-16/h4-10,13,18,20H,11-12H2,1-3H3. The van der Waals surface area contributed by atoms with Gasteiger partial charge in [-0.05, 0) is 49.7 Å². The summed E-state index contributed by atoms with van der Waals surface area (Å²) in [4.78, 5) is 2.09. The summed E-state index contributed by atoms with van der Waals surface area (Å²) in [7, 11) is 3.98. The van der Waals surface area contributed by atoms with Crippen LogP contribution in [0.2, 0.25) is 0 Å². The van der Waals surface area contributed by atoms with Gasteiger partial charge in [0.25, 0.3) is 0 Å². The second kappa shape index (κ2) is 7.23. The van der Waals surface area contributed by atoms with Crippen LogP contribution in [0.25, 0.3) is 0 Å². The van der Waals surface area contributed by atoms with Gasteiger partial charge in [0.05, 0.1) is 0 Å². The van der Waals surface area contributed by atoms with Gasteiger partial charge in [-0.1, -0.05) is 30.3 Å². The predicted molar refractivity (Wildman–Crippen MR) is 87.3 cm³/mol. The van der Waals surface area contributed by atoms with Gasteiger partial charge in [0.1, 0.15) is 5.82 Å². The molecule has 112 valence electrons. The Morgan fingerprint density at radius 2 is 1.90 bits per heavy atom. The minimum atomic E-state index is -0.191. The molecule has 2 aromatic carbocycles. The fourth-order valence-electron chi connectivity index (χ4n) is 2.60. The lowest BCUT2D eigenvalue weighted by Gasteiger charge is -2.24. The number of hydrogen-bond donors (Lipinski definition) is 1. The van der Waals surface area contributed by atoms with Crippen LogP contribution in [0.15, 0.2) is 48.5 Å². The number of hydrogen-bond acceptors (Lipinski definition) is 2. The normalized spacial score (nSPS) is 12.2. The lowest BCUT2D eigenvalue weighted by Crippen LogP contribution is -2.25. The molecule has 0 aliphatic rings. The van der Waals surface area contributed by atoms with E-state index in [1.165, 1.54) is 17.2 Å². The summed E-state index contributed by atoms with van der Waals surface area (Å²) >= 11 is 0. The van der Waals surface area contributed by atoms with Crippen LogP contribution in [0.3, 0.4) is 0 Å². The molecule has 0 radical (unpaired) electrons. The van der Waals surface area contributed by atoms with E-state index >= 15 is 0 Å². The average Bonchev–Trinajstić information content (AvgIpc) is 2.49. The Kier molecular flexibility index (Phi) is 5.34. The van der Waals surface area contributed by atoms with E-state index in [1.807, 2.05) is 20.2 Å². The summed E-state index contributed by atoms with van der Waals surface area (Å²) in [5.41, 5.74) is 3.53. The van der Waals surface area contributed by atoms with Gasteiger partial charge in [0.15, 0.2) is 0 Å². The Morgan fingerprint density at radius 1 is 1.14 bits per heavy atom.